The van der Waals surface area contributed by atoms with Crippen LogP contribution in [0.3, 0.4) is 0 Å². The van der Waals surface area contributed by atoms with Crippen LogP contribution in [0.2, 0.25) is 0 Å². The van der Waals surface area contributed by atoms with Crippen LogP contribution in [-0.2, 0) is 16.1 Å². The highest BCUT2D eigenvalue weighted by atomic mass is 16.6. The lowest BCUT2D eigenvalue weighted by Gasteiger charge is -2.29. The maximum atomic E-state index is 12.8. The summed E-state index contributed by atoms with van der Waals surface area (Å²) in [6.07, 6.45) is 4.73. The number of nitrogens with one attached hydrogen (secondary N) is 1. The van der Waals surface area contributed by atoms with E-state index < -0.39 is 17.7 Å². The van der Waals surface area contributed by atoms with E-state index >= 15 is 0 Å². The molecule has 1 unspecified atom stereocenters. The van der Waals surface area contributed by atoms with Crippen molar-refractivity contribution in [2.75, 3.05) is 6.54 Å². The minimum atomic E-state index is -0.597. The lowest BCUT2D eigenvalue weighted by molar-refractivity contribution is -0.134. The molecule has 2 amide bonds. The SMILES string of the molecule is CC(C)(C)OC(=O)NC1C/C=C\CCN(Cc2ccccc2)C1=O. The van der Waals surface area contributed by atoms with Gasteiger partial charge in [-0.05, 0) is 39.2 Å². The van der Waals surface area contributed by atoms with Gasteiger partial charge in [0.05, 0.1) is 0 Å². The van der Waals surface area contributed by atoms with Gasteiger partial charge in [0.1, 0.15) is 11.6 Å². The molecule has 0 radical (unpaired) electrons. The first-order valence-corrected chi connectivity index (χ1v) is 8.32. The van der Waals surface area contributed by atoms with E-state index in [0.29, 0.717) is 19.5 Å². The number of alkyl carbamates (subject to hydrolysis) is 1. The van der Waals surface area contributed by atoms with Crippen LogP contribution in [0.4, 0.5) is 4.79 Å². The molecular formula is C19H26N2O3. The zero-order valence-corrected chi connectivity index (χ0v) is 14.6. The zero-order valence-electron chi connectivity index (χ0n) is 14.6. The molecule has 0 saturated heterocycles. The molecule has 24 heavy (non-hydrogen) atoms. The largest absolute Gasteiger partial charge is 0.444 e. The van der Waals surface area contributed by atoms with Crippen LogP contribution >= 0.6 is 0 Å². The molecule has 130 valence electrons. The predicted octanol–water partition coefficient (Wildman–Crippen LogP) is 3.26. The Balaban J connectivity index is 2.06. The first-order valence-electron chi connectivity index (χ1n) is 8.32. The van der Waals surface area contributed by atoms with Crippen LogP contribution in [0.25, 0.3) is 0 Å². The Hall–Kier alpha value is -2.30. The summed E-state index contributed by atoms with van der Waals surface area (Å²) in [5.74, 6) is -0.0749. The second kappa shape index (κ2) is 7.99. The minimum absolute atomic E-state index is 0.0749. The monoisotopic (exact) mass is 330 g/mol. The smallest absolute Gasteiger partial charge is 0.408 e. The number of benzene rings is 1. The third kappa shape index (κ3) is 5.72. The Labute approximate surface area is 143 Å². The molecule has 0 saturated carbocycles. The maximum absolute atomic E-state index is 12.8. The van der Waals surface area contributed by atoms with Crippen LogP contribution in [0, 0.1) is 0 Å². The minimum Gasteiger partial charge on any atom is -0.444 e. The summed E-state index contributed by atoms with van der Waals surface area (Å²) in [6.45, 7) is 6.58. The number of hydrogen-bond acceptors (Lipinski definition) is 3. The van der Waals surface area contributed by atoms with E-state index in [4.69, 9.17) is 4.74 Å². The van der Waals surface area contributed by atoms with Crippen LogP contribution < -0.4 is 5.32 Å². The molecule has 5 nitrogen and oxygen atoms in total. The standard InChI is InChI=1S/C19H26N2O3/c1-19(2,3)24-18(23)20-16-12-8-5-9-13-21(17(16)22)14-15-10-6-4-7-11-15/h4-8,10-11,16H,9,12-14H2,1-3H3,(H,20,23)/b8-5-. The van der Waals surface area contributed by atoms with Crippen molar-refractivity contribution in [2.24, 2.45) is 0 Å². The van der Waals surface area contributed by atoms with Crippen molar-refractivity contribution < 1.29 is 14.3 Å². The molecule has 0 aliphatic carbocycles. The highest BCUT2D eigenvalue weighted by molar-refractivity contribution is 5.86. The van der Waals surface area contributed by atoms with Gasteiger partial charge in [-0.15, -0.1) is 0 Å². The van der Waals surface area contributed by atoms with Crippen molar-refractivity contribution in [3.63, 3.8) is 0 Å². The summed E-state index contributed by atoms with van der Waals surface area (Å²) in [5, 5.41) is 2.71. The summed E-state index contributed by atoms with van der Waals surface area (Å²) in [5.41, 5.74) is 0.486. The number of hydrogen-bond donors (Lipinski definition) is 1. The number of carbonyl (C=O) groups is 2. The fraction of sp³-hybridized carbons (Fsp3) is 0.474. The molecule has 1 N–H and O–H groups in total. The van der Waals surface area contributed by atoms with E-state index in [9.17, 15) is 9.59 Å². The van der Waals surface area contributed by atoms with Gasteiger partial charge >= 0.3 is 6.09 Å². The molecule has 0 bridgehead atoms. The molecule has 1 aliphatic rings. The van der Waals surface area contributed by atoms with Gasteiger partial charge in [-0.25, -0.2) is 4.79 Å². The highest BCUT2D eigenvalue weighted by Gasteiger charge is 2.28. The Morgan fingerprint density at radius 3 is 2.62 bits per heavy atom. The molecule has 1 aromatic carbocycles. The molecule has 1 atom stereocenters. The average Bonchev–Trinajstić information content (AvgIpc) is 2.49. The van der Waals surface area contributed by atoms with Crippen LogP contribution in [0.5, 0.6) is 0 Å². The molecule has 1 heterocycles. The van der Waals surface area contributed by atoms with E-state index in [0.717, 1.165) is 12.0 Å². The molecule has 2 rings (SSSR count). The second-order valence-electron chi connectivity index (χ2n) is 6.94. The normalized spacial score (nSPS) is 20.0. The molecule has 5 heteroatoms. The van der Waals surface area contributed by atoms with E-state index in [2.05, 4.69) is 5.32 Å². The average molecular weight is 330 g/mol. The van der Waals surface area contributed by atoms with Crippen molar-refractivity contribution in [2.45, 2.75) is 51.8 Å². The summed E-state index contributed by atoms with van der Waals surface area (Å²) in [4.78, 5) is 26.6. The van der Waals surface area contributed by atoms with Crippen molar-refractivity contribution in [1.29, 1.82) is 0 Å². The molecule has 1 aromatic rings. The Kier molecular flexibility index (Phi) is 6.01. The van der Waals surface area contributed by atoms with Gasteiger partial charge in [-0.3, -0.25) is 4.79 Å². The van der Waals surface area contributed by atoms with Gasteiger partial charge in [0.15, 0.2) is 0 Å². The van der Waals surface area contributed by atoms with Gasteiger partial charge in [-0.2, -0.15) is 0 Å². The summed E-state index contributed by atoms with van der Waals surface area (Å²) < 4.78 is 5.27. The highest BCUT2D eigenvalue weighted by Crippen LogP contribution is 2.13. The van der Waals surface area contributed by atoms with Crippen molar-refractivity contribution in [3.05, 3.63) is 48.0 Å². The molecule has 0 fully saturated rings. The van der Waals surface area contributed by atoms with Gasteiger partial charge in [0, 0.05) is 13.1 Å². The Morgan fingerprint density at radius 2 is 1.96 bits per heavy atom. The Morgan fingerprint density at radius 1 is 1.25 bits per heavy atom. The fourth-order valence-electron chi connectivity index (χ4n) is 2.54. The van der Waals surface area contributed by atoms with Crippen molar-refractivity contribution >= 4 is 12.0 Å². The topological polar surface area (TPSA) is 58.6 Å². The summed E-state index contributed by atoms with van der Waals surface area (Å²) >= 11 is 0. The van der Waals surface area contributed by atoms with Gasteiger partial charge < -0.3 is 15.0 Å². The molecule has 0 aromatic heterocycles. The molecule has 1 aliphatic heterocycles. The van der Waals surface area contributed by atoms with Crippen LogP contribution in [0.1, 0.15) is 39.2 Å². The lowest BCUT2D eigenvalue weighted by atomic mass is 10.1. The zero-order chi connectivity index (χ0) is 17.6. The molecular weight excluding hydrogens is 304 g/mol. The predicted molar refractivity (Wildman–Crippen MR) is 93.4 cm³/mol. The van der Waals surface area contributed by atoms with E-state index in [-0.39, 0.29) is 5.91 Å². The van der Waals surface area contributed by atoms with Gasteiger partial charge in [-0.1, -0.05) is 42.5 Å². The van der Waals surface area contributed by atoms with Gasteiger partial charge in [0.25, 0.3) is 0 Å². The third-order valence-electron chi connectivity index (χ3n) is 3.62. The summed E-state index contributed by atoms with van der Waals surface area (Å²) in [6, 6.07) is 9.27. The Bertz CT molecular complexity index is 590. The first kappa shape index (κ1) is 18.0. The number of amides is 2. The summed E-state index contributed by atoms with van der Waals surface area (Å²) in [7, 11) is 0. The van der Waals surface area contributed by atoms with Crippen molar-refractivity contribution in [1.82, 2.24) is 10.2 Å². The maximum Gasteiger partial charge on any atom is 0.408 e. The van der Waals surface area contributed by atoms with E-state index in [1.165, 1.54) is 0 Å². The number of ether oxygens (including phenoxy) is 1. The van der Waals surface area contributed by atoms with Crippen molar-refractivity contribution in [3.8, 4) is 0 Å². The van der Waals surface area contributed by atoms with Crippen LogP contribution in [0.15, 0.2) is 42.5 Å². The number of rotatable bonds is 3. The van der Waals surface area contributed by atoms with E-state index in [1.807, 2.05) is 42.5 Å². The molecule has 0 spiro atoms. The van der Waals surface area contributed by atoms with Crippen LogP contribution in [-0.4, -0.2) is 35.1 Å². The third-order valence-corrected chi connectivity index (χ3v) is 3.62. The lowest BCUT2D eigenvalue weighted by Crippen LogP contribution is -2.50. The first-order chi connectivity index (χ1) is 11.3. The second-order valence-corrected chi connectivity index (χ2v) is 6.94. The quantitative estimate of drug-likeness (QED) is 0.866. The fourth-order valence-corrected chi connectivity index (χ4v) is 2.54. The number of carbonyl (C=O) groups excluding carboxylic acids is 2. The number of nitrogens with zero attached hydrogens (tertiary/aromatic N) is 1. The van der Waals surface area contributed by atoms with E-state index in [1.54, 1.807) is 25.7 Å². The van der Waals surface area contributed by atoms with Gasteiger partial charge in [0.2, 0.25) is 5.91 Å².